The van der Waals surface area contributed by atoms with Gasteiger partial charge in [0.2, 0.25) is 5.91 Å². The van der Waals surface area contributed by atoms with Crippen LogP contribution in [-0.4, -0.2) is 69.3 Å². The standard InChI is InChI=1S/C20H28N6O4/c1-4-13(8-22-21)15-9-23-26-12(2)7-16(24-19(15)26)14-5-6-17(20(28)29)25(10-14)18(27)11-30-3/h7,9,13-14,17,21H,4-6,8,10-11H2,1-3H3,(H,28,29). The highest BCUT2D eigenvalue weighted by Crippen LogP contribution is 2.32. The third-order valence-corrected chi connectivity index (χ3v) is 5.81. The third-order valence-electron chi connectivity index (χ3n) is 5.81. The van der Waals surface area contributed by atoms with E-state index in [4.69, 9.17) is 15.3 Å². The minimum absolute atomic E-state index is 0.0599. The van der Waals surface area contributed by atoms with Crippen molar-refractivity contribution in [2.75, 3.05) is 26.8 Å². The van der Waals surface area contributed by atoms with Crippen LogP contribution in [0.25, 0.3) is 5.65 Å². The summed E-state index contributed by atoms with van der Waals surface area (Å²) in [5, 5.41) is 17.5. The summed E-state index contributed by atoms with van der Waals surface area (Å²) in [5.74, 6) is -1.35. The molecule has 3 unspecified atom stereocenters. The lowest BCUT2D eigenvalue weighted by atomic mass is 9.89. The van der Waals surface area contributed by atoms with Gasteiger partial charge in [0.25, 0.3) is 0 Å². The lowest BCUT2D eigenvalue weighted by molar-refractivity contribution is -0.154. The number of nitrogens with zero attached hydrogens (tertiary/aromatic N) is 5. The van der Waals surface area contributed by atoms with Crippen LogP contribution in [0.3, 0.4) is 0 Å². The molecule has 2 aromatic heterocycles. The van der Waals surface area contributed by atoms with Gasteiger partial charge in [0.1, 0.15) is 12.6 Å². The molecule has 2 aromatic rings. The van der Waals surface area contributed by atoms with E-state index in [1.165, 1.54) is 12.0 Å². The summed E-state index contributed by atoms with van der Waals surface area (Å²) in [6.07, 6.45) is 3.59. The van der Waals surface area contributed by atoms with E-state index in [9.17, 15) is 14.7 Å². The van der Waals surface area contributed by atoms with Gasteiger partial charge in [-0.1, -0.05) is 6.92 Å². The number of aromatic nitrogens is 3. The molecule has 2 N–H and O–H groups in total. The number of hydrogen-bond acceptors (Lipinski definition) is 7. The van der Waals surface area contributed by atoms with E-state index in [0.29, 0.717) is 19.4 Å². The zero-order valence-corrected chi connectivity index (χ0v) is 17.5. The molecule has 1 aliphatic heterocycles. The van der Waals surface area contributed by atoms with Crippen LogP contribution in [0.1, 0.15) is 55.0 Å². The van der Waals surface area contributed by atoms with Crippen molar-refractivity contribution in [2.45, 2.75) is 51.0 Å². The zero-order valence-electron chi connectivity index (χ0n) is 17.5. The van der Waals surface area contributed by atoms with E-state index in [1.54, 1.807) is 10.7 Å². The Morgan fingerprint density at radius 1 is 1.43 bits per heavy atom. The molecular weight excluding hydrogens is 388 g/mol. The maximum atomic E-state index is 12.5. The van der Waals surface area contributed by atoms with Crippen LogP contribution in [0, 0.1) is 12.5 Å². The number of fused-ring (bicyclic) bond motifs is 1. The lowest BCUT2D eigenvalue weighted by Gasteiger charge is -2.37. The van der Waals surface area contributed by atoms with Gasteiger partial charge in [-0.25, -0.2) is 19.8 Å². The summed E-state index contributed by atoms with van der Waals surface area (Å²) in [7, 11) is 1.42. The normalized spacial score (nSPS) is 20.3. The van der Waals surface area contributed by atoms with Gasteiger partial charge in [0.05, 0.1) is 12.7 Å². The van der Waals surface area contributed by atoms with Gasteiger partial charge in [0.15, 0.2) is 5.65 Å². The van der Waals surface area contributed by atoms with Gasteiger partial charge in [-0.3, -0.25) is 4.79 Å². The minimum Gasteiger partial charge on any atom is -0.480 e. The molecule has 3 rings (SSSR count). The number of methoxy groups -OCH3 is 1. The molecular formula is C20H28N6O4. The fourth-order valence-corrected chi connectivity index (χ4v) is 4.16. The lowest BCUT2D eigenvalue weighted by Crippen LogP contribution is -2.51. The van der Waals surface area contributed by atoms with Gasteiger partial charge in [-0.15, -0.1) is 0 Å². The number of nitrogens with one attached hydrogen (secondary N) is 1. The van der Waals surface area contributed by atoms with Crippen LogP contribution >= 0.6 is 0 Å². The predicted octanol–water partition coefficient (Wildman–Crippen LogP) is 2.37. The molecule has 30 heavy (non-hydrogen) atoms. The van der Waals surface area contributed by atoms with Crippen molar-refractivity contribution in [3.8, 4) is 0 Å². The highest BCUT2D eigenvalue weighted by Gasteiger charge is 2.37. The molecule has 10 heteroatoms. The van der Waals surface area contributed by atoms with Crippen LogP contribution in [0.2, 0.25) is 0 Å². The Bertz CT molecular complexity index is 943. The van der Waals surface area contributed by atoms with Crippen molar-refractivity contribution in [3.05, 3.63) is 29.2 Å². The molecule has 0 bridgehead atoms. The molecule has 0 radical (unpaired) electrons. The number of aliphatic carboxylic acids is 1. The van der Waals surface area contributed by atoms with Crippen LogP contribution in [-0.2, 0) is 14.3 Å². The molecule has 0 aromatic carbocycles. The van der Waals surface area contributed by atoms with Crippen LogP contribution in [0.15, 0.2) is 17.4 Å². The maximum absolute atomic E-state index is 12.5. The fraction of sp³-hybridized carbons (Fsp3) is 0.600. The first-order chi connectivity index (χ1) is 14.4. The number of ether oxygens (including phenoxy) is 1. The number of hydrogen-bond donors (Lipinski definition) is 2. The molecule has 1 amide bonds. The number of piperidine rings is 1. The first-order valence-electron chi connectivity index (χ1n) is 10.1. The molecule has 1 saturated heterocycles. The van der Waals surface area contributed by atoms with E-state index in [1.807, 2.05) is 19.9 Å². The second-order valence-electron chi connectivity index (χ2n) is 7.71. The molecule has 1 aliphatic rings. The molecule has 3 heterocycles. The van der Waals surface area contributed by atoms with Crippen molar-refractivity contribution in [1.29, 1.82) is 5.53 Å². The summed E-state index contributed by atoms with van der Waals surface area (Å²) in [6, 6.07) is 1.10. The van der Waals surface area contributed by atoms with Crippen molar-refractivity contribution in [1.82, 2.24) is 19.5 Å². The largest absolute Gasteiger partial charge is 0.480 e. The van der Waals surface area contributed by atoms with Crippen molar-refractivity contribution >= 4 is 17.5 Å². The number of carboxylic acids is 1. The van der Waals surface area contributed by atoms with Crippen LogP contribution in [0.5, 0.6) is 0 Å². The molecule has 1 fully saturated rings. The Hall–Kier alpha value is -2.88. The Balaban J connectivity index is 1.96. The number of carbonyl (C=O) groups excluding carboxylic acids is 1. The molecule has 0 saturated carbocycles. The molecule has 3 atom stereocenters. The average Bonchev–Trinajstić information content (AvgIpc) is 3.16. The van der Waals surface area contributed by atoms with E-state index in [2.05, 4.69) is 10.2 Å². The highest BCUT2D eigenvalue weighted by molar-refractivity contribution is 5.84. The van der Waals surface area contributed by atoms with Gasteiger partial charge >= 0.3 is 5.97 Å². The second kappa shape index (κ2) is 9.29. The number of rotatable bonds is 8. The van der Waals surface area contributed by atoms with Gasteiger partial charge in [0, 0.05) is 42.4 Å². The third kappa shape index (κ3) is 4.18. The summed E-state index contributed by atoms with van der Waals surface area (Å²) in [4.78, 5) is 30.4. The number of amides is 1. The topological polar surface area (TPSA) is 133 Å². The first-order valence-corrected chi connectivity index (χ1v) is 10.1. The van der Waals surface area contributed by atoms with E-state index < -0.39 is 12.0 Å². The highest BCUT2D eigenvalue weighted by atomic mass is 16.5. The Morgan fingerprint density at radius 2 is 2.20 bits per heavy atom. The Morgan fingerprint density at radius 3 is 2.83 bits per heavy atom. The number of carboxylic acid groups (broad SMARTS) is 1. The summed E-state index contributed by atoms with van der Waals surface area (Å²) >= 11 is 0. The van der Waals surface area contributed by atoms with Gasteiger partial charge in [-0.2, -0.15) is 10.2 Å². The Labute approximate surface area is 174 Å². The summed E-state index contributed by atoms with van der Waals surface area (Å²) in [5.41, 5.74) is 10.6. The number of carbonyl (C=O) groups is 2. The second-order valence-corrected chi connectivity index (χ2v) is 7.71. The summed E-state index contributed by atoms with van der Waals surface area (Å²) in [6.45, 7) is 4.50. The molecule has 0 aliphatic carbocycles. The fourth-order valence-electron chi connectivity index (χ4n) is 4.16. The van der Waals surface area contributed by atoms with E-state index >= 15 is 0 Å². The van der Waals surface area contributed by atoms with Crippen molar-refractivity contribution < 1.29 is 19.4 Å². The van der Waals surface area contributed by atoms with Gasteiger partial charge in [-0.05, 0) is 32.3 Å². The van der Waals surface area contributed by atoms with Crippen molar-refractivity contribution in [3.63, 3.8) is 0 Å². The zero-order chi connectivity index (χ0) is 21.8. The smallest absolute Gasteiger partial charge is 0.326 e. The maximum Gasteiger partial charge on any atom is 0.326 e. The first kappa shape index (κ1) is 21.8. The van der Waals surface area contributed by atoms with Crippen LogP contribution in [0.4, 0.5) is 0 Å². The SMILES string of the molecule is CCC(CN=N)c1cnn2c(C)cc(C3CCC(C(=O)O)N(C(=O)COC)C3)nc12. The summed E-state index contributed by atoms with van der Waals surface area (Å²) < 4.78 is 6.71. The Kier molecular flexibility index (Phi) is 6.76. The molecule has 0 spiro atoms. The number of likely N-dealkylation sites (tertiary alicyclic amines) is 1. The molecule has 10 nitrogen and oxygen atoms in total. The van der Waals surface area contributed by atoms with E-state index in [-0.39, 0.29) is 30.9 Å². The van der Waals surface area contributed by atoms with Crippen molar-refractivity contribution in [2.24, 2.45) is 5.11 Å². The average molecular weight is 416 g/mol. The molecule has 162 valence electrons. The van der Waals surface area contributed by atoms with E-state index in [0.717, 1.165) is 29.0 Å². The van der Waals surface area contributed by atoms with Crippen LogP contribution < -0.4 is 0 Å². The van der Waals surface area contributed by atoms with Gasteiger partial charge < -0.3 is 14.7 Å². The predicted molar refractivity (Wildman–Crippen MR) is 108 cm³/mol. The monoisotopic (exact) mass is 416 g/mol. The minimum atomic E-state index is -1.000. The quantitative estimate of drug-likeness (QED) is 0.635. The number of aryl methyl sites for hydroxylation is 1.